The standard InChI is InChI=1S/C25H31N5O2S/c1-32-17-5-16-30-24(21-12-14-26-15-13-21)28-29-25(30)33-18-23(31)27-22-10-8-20(9-11-22)19-6-3-2-4-7-19/h8-15,19H,2-7,16-18H2,1H3,(H,27,31). The third-order valence-electron chi connectivity index (χ3n) is 5.99. The second-order valence-corrected chi connectivity index (χ2v) is 9.28. The zero-order valence-electron chi connectivity index (χ0n) is 19.1. The first-order valence-electron chi connectivity index (χ1n) is 11.6. The fourth-order valence-corrected chi connectivity index (χ4v) is 5.04. The van der Waals surface area contributed by atoms with Gasteiger partial charge in [-0.2, -0.15) is 0 Å². The van der Waals surface area contributed by atoms with Gasteiger partial charge in [-0.15, -0.1) is 10.2 Å². The van der Waals surface area contributed by atoms with E-state index in [0.717, 1.165) is 28.7 Å². The molecule has 33 heavy (non-hydrogen) atoms. The molecule has 1 saturated carbocycles. The average Bonchev–Trinajstić information content (AvgIpc) is 3.27. The third-order valence-corrected chi connectivity index (χ3v) is 6.96. The largest absolute Gasteiger partial charge is 0.385 e. The maximum absolute atomic E-state index is 12.6. The van der Waals surface area contributed by atoms with Crippen molar-refractivity contribution in [1.29, 1.82) is 0 Å². The molecule has 174 valence electrons. The topological polar surface area (TPSA) is 81.9 Å². The molecule has 2 aromatic heterocycles. The van der Waals surface area contributed by atoms with Gasteiger partial charge in [-0.3, -0.25) is 9.78 Å². The number of carbonyl (C=O) groups excluding carboxylic acids is 1. The van der Waals surface area contributed by atoms with Gasteiger partial charge in [-0.05, 0) is 55.0 Å². The minimum Gasteiger partial charge on any atom is -0.385 e. The Morgan fingerprint density at radius 3 is 2.58 bits per heavy atom. The molecule has 0 atom stereocenters. The number of ether oxygens (including phenoxy) is 1. The molecule has 0 bridgehead atoms. The molecular formula is C25H31N5O2S. The molecule has 1 N–H and O–H groups in total. The molecule has 0 aliphatic heterocycles. The van der Waals surface area contributed by atoms with Crippen LogP contribution in [0.4, 0.5) is 5.69 Å². The number of benzene rings is 1. The number of methoxy groups -OCH3 is 1. The molecule has 1 aromatic carbocycles. The van der Waals surface area contributed by atoms with Crippen LogP contribution in [0.1, 0.15) is 50.0 Å². The van der Waals surface area contributed by atoms with Crippen molar-refractivity contribution >= 4 is 23.4 Å². The molecule has 0 saturated heterocycles. The maximum Gasteiger partial charge on any atom is 0.234 e. The first kappa shape index (κ1) is 23.4. The van der Waals surface area contributed by atoms with E-state index in [9.17, 15) is 4.79 Å². The van der Waals surface area contributed by atoms with Crippen molar-refractivity contribution in [3.05, 3.63) is 54.4 Å². The number of thioether (sulfide) groups is 1. The summed E-state index contributed by atoms with van der Waals surface area (Å²) in [5, 5.41) is 12.5. The molecule has 3 aromatic rings. The van der Waals surface area contributed by atoms with Gasteiger partial charge in [0.25, 0.3) is 0 Å². The van der Waals surface area contributed by atoms with Crippen LogP contribution in [0, 0.1) is 0 Å². The molecular weight excluding hydrogens is 434 g/mol. The van der Waals surface area contributed by atoms with Gasteiger partial charge in [0.15, 0.2) is 11.0 Å². The fourth-order valence-electron chi connectivity index (χ4n) is 4.28. The summed E-state index contributed by atoms with van der Waals surface area (Å²) >= 11 is 1.39. The number of amides is 1. The Morgan fingerprint density at radius 2 is 1.85 bits per heavy atom. The summed E-state index contributed by atoms with van der Waals surface area (Å²) in [6, 6.07) is 12.2. The molecule has 2 heterocycles. The first-order chi connectivity index (χ1) is 16.2. The molecule has 0 radical (unpaired) electrons. The van der Waals surface area contributed by atoms with Crippen molar-refractivity contribution in [1.82, 2.24) is 19.7 Å². The van der Waals surface area contributed by atoms with Crippen LogP contribution in [0.25, 0.3) is 11.4 Å². The van der Waals surface area contributed by atoms with Crippen molar-refractivity contribution in [2.45, 2.75) is 56.1 Å². The molecule has 1 amide bonds. The summed E-state index contributed by atoms with van der Waals surface area (Å²) in [4.78, 5) is 16.7. The molecule has 8 heteroatoms. The van der Waals surface area contributed by atoms with Crippen molar-refractivity contribution in [3.63, 3.8) is 0 Å². The van der Waals surface area contributed by atoms with Crippen molar-refractivity contribution in [2.24, 2.45) is 0 Å². The predicted molar refractivity (Wildman–Crippen MR) is 131 cm³/mol. The van der Waals surface area contributed by atoms with Crippen molar-refractivity contribution in [2.75, 3.05) is 24.8 Å². The Hall–Kier alpha value is -2.71. The van der Waals surface area contributed by atoms with E-state index >= 15 is 0 Å². The minimum atomic E-state index is -0.0534. The quantitative estimate of drug-likeness (QED) is 0.329. The Kier molecular flexibility index (Phi) is 8.49. The van der Waals surface area contributed by atoms with Crippen LogP contribution in [0.3, 0.4) is 0 Å². The molecule has 1 fully saturated rings. The Bertz CT molecular complexity index is 1020. The van der Waals surface area contributed by atoms with Gasteiger partial charge < -0.3 is 14.6 Å². The highest BCUT2D eigenvalue weighted by Gasteiger charge is 2.17. The number of hydrogen-bond acceptors (Lipinski definition) is 6. The fraction of sp³-hybridized carbons (Fsp3) is 0.440. The summed E-state index contributed by atoms with van der Waals surface area (Å²) in [5.41, 5.74) is 3.17. The number of anilines is 1. The molecule has 4 rings (SSSR count). The highest BCUT2D eigenvalue weighted by molar-refractivity contribution is 7.99. The SMILES string of the molecule is COCCCn1c(SCC(=O)Nc2ccc(C3CCCCC3)cc2)nnc1-c1ccncc1. The van der Waals surface area contributed by atoms with Crippen LogP contribution in [-0.4, -0.2) is 45.1 Å². The predicted octanol–water partition coefficient (Wildman–Crippen LogP) is 5.16. The second-order valence-electron chi connectivity index (χ2n) is 8.33. The smallest absolute Gasteiger partial charge is 0.234 e. The Morgan fingerprint density at radius 1 is 1.09 bits per heavy atom. The number of nitrogens with one attached hydrogen (secondary N) is 1. The van der Waals surface area contributed by atoms with Crippen molar-refractivity contribution in [3.8, 4) is 11.4 Å². The summed E-state index contributed by atoms with van der Waals surface area (Å²) in [5.74, 6) is 1.65. The Balaban J connectivity index is 1.36. The van der Waals surface area contributed by atoms with E-state index in [1.807, 2.05) is 28.8 Å². The molecule has 1 aliphatic carbocycles. The van der Waals surface area contributed by atoms with Gasteiger partial charge in [-0.25, -0.2) is 0 Å². The van der Waals surface area contributed by atoms with Crippen LogP contribution in [-0.2, 0) is 16.1 Å². The molecule has 0 spiro atoms. The van der Waals surface area contributed by atoms with E-state index in [-0.39, 0.29) is 11.7 Å². The number of nitrogens with zero attached hydrogens (tertiary/aromatic N) is 4. The lowest BCUT2D eigenvalue weighted by Crippen LogP contribution is -2.15. The lowest BCUT2D eigenvalue weighted by Gasteiger charge is -2.22. The maximum atomic E-state index is 12.6. The van der Waals surface area contributed by atoms with Gasteiger partial charge in [0.05, 0.1) is 5.75 Å². The average molecular weight is 466 g/mol. The number of rotatable bonds is 10. The van der Waals surface area contributed by atoms with E-state index in [2.05, 4.69) is 32.6 Å². The third kappa shape index (κ3) is 6.42. The summed E-state index contributed by atoms with van der Waals surface area (Å²) < 4.78 is 7.25. The first-order valence-corrected chi connectivity index (χ1v) is 12.6. The zero-order valence-corrected chi connectivity index (χ0v) is 19.9. The van der Waals surface area contributed by atoms with Crippen LogP contribution >= 0.6 is 11.8 Å². The molecule has 7 nitrogen and oxygen atoms in total. The normalized spacial score (nSPS) is 14.3. The van der Waals surface area contributed by atoms with E-state index in [0.29, 0.717) is 19.1 Å². The van der Waals surface area contributed by atoms with E-state index in [1.54, 1.807) is 19.5 Å². The summed E-state index contributed by atoms with van der Waals surface area (Å²) in [6.07, 6.45) is 10.8. The van der Waals surface area contributed by atoms with E-state index in [1.165, 1.54) is 49.4 Å². The Labute approximate surface area is 199 Å². The van der Waals surface area contributed by atoms with Gasteiger partial charge >= 0.3 is 0 Å². The van der Waals surface area contributed by atoms with Crippen LogP contribution in [0.5, 0.6) is 0 Å². The van der Waals surface area contributed by atoms with Gasteiger partial charge in [-0.1, -0.05) is 43.2 Å². The lowest BCUT2D eigenvalue weighted by atomic mass is 9.84. The minimum absolute atomic E-state index is 0.0534. The monoisotopic (exact) mass is 465 g/mol. The number of carbonyl (C=O) groups is 1. The zero-order chi connectivity index (χ0) is 22.9. The van der Waals surface area contributed by atoms with E-state index in [4.69, 9.17) is 4.74 Å². The van der Waals surface area contributed by atoms with E-state index < -0.39 is 0 Å². The highest BCUT2D eigenvalue weighted by atomic mass is 32.2. The number of pyridine rings is 1. The van der Waals surface area contributed by atoms with Crippen LogP contribution in [0.2, 0.25) is 0 Å². The second kappa shape index (κ2) is 12.0. The summed E-state index contributed by atoms with van der Waals surface area (Å²) in [6.45, 7) is 1.36. The van der Waals surface area contributed by atoms with Crippen LogP contribution in [0.15, 0.2) is 53.9 Å². The number of hydrogen-bond donors (Lipinski definition) is 1. The van der Waals surface area contributed by atoms with Crippen LogP contribution < -0.4 is 5.32 Å². The lowest BCUT2D eigenvalue weighted by molar-refractivity contribution is -0.113. The van der Waals surface area contributed by atoms with Gasteiger partial charge in [0.2, 0.25) is 5.91 Å². The highest BCUT2D eigenvalue weighted by Crippen LogP contribution is 2.33. The summed E-state index contributed by atoms with van der Waals surface area (Å²) in [7, 11) is 1.69. The van der Waals surface area contributed by atoms with Gasteiger partial charge in [0, 0.05) is 43.9 Å². The molecule has 1 aliphatic rings. The molecule has 0 unspecified atom stereocenters. The number of aromatic nitrogens is 4. The van der Waals surface area contributed by atoms with Crippen molar-refractivity contribution < 1.29 is 9.53 Å². The van der Waals surface area contributed by atoms with Gasteiger partial charge in [0.1, 0.15) is 0 Å².